The van der Waals surface area contributed by atoms with E-state index in [1.807, 2.05) is 23.1 Å². The molecule has 126 valence electrons. The molecule has 0 spiro atoms. The predicted molar refractivity (Wildman–Crippen MR) is 88.4 cm³/mol. The van der Waals surface area contributed by atoms with Gasteiger partial charge in [0.25, 0.3) is 0 Å². The summed E-state index contributed by atoms with van der Waals surface area (Å²) in [5.41, 5.74) is 1.16. The number of amides is 2. The van der Waals surface area contributed by atoms with Crippen LogP contribution in [0.3, 0.4) is 0 Å². The summed E-state index contributed by atoms with van der Waals surface area (Å²) in [6, 6.07) is 10.1. The van der Waals surface area contributed by atoms with E-state index in [4.69, 9.17) is 0 Å². The van der Waals surface area contributed by atoms with Crippen molar-refractivity contribution in [3.63, 3.8) is 0 Å². The van der Waals surface area contributed by atoms with Crippen molar-refractivity contribution in [3.8, 4) is 0 Å². The second kappa shape index (κ2) is 6.13. The maximum Gasteiger partial charge on any atom is 0.317 e. The number of rotatable bonds is 4. The van der Waals surface area contributed by atoms with Gasteiger partial charge in [-0.15, -0.1) is 0 Å². The second-order valence-corrected chi connectivity index (χ2v) is 8.60. The molecule has 0 unspecified atom stereocenters. The third-order valence-corrected chi connectivity index (χ3v) is 5.93. The van der Waals surface area contributed by atoms with Crippen molar-refractivity contribution >= 4 is 16.1 Å². The fourth-order valence-electron chi connectivity index (χ4n) is 3.32. The van der Waals surface area contributed by atoms with E-state index in [9.17, 15) is 13.2 Å². The Morgan fingerprint density at radius 3 is 2.43 bits per heavy atom. The second-order valence-electron chi connectivity index (χ2n) is 6.62. The molecule has 1 aromatic rings. The van der Waals surface area contributed by atoms with E-state index in [1.165, 1.54) is 10.6 Å². The Bertz CT molecular complexity index is 671. The van der Waals surface area contributed by atoms with Crippen LogP contribution in [0.15, 0.2) is 30.3 Å². The van der Waals surface area contributed by atoms with Crippen molar-refractivity contribution in [2.75, 3.05) is 32.4 Å². The van der Waals surface area contributed by atoms with Gasteiger partial charge in [-0.05, 0) is 11.5 Å². The third-order valence-electron chi connectivity index (χ3n) is 4.70. The van der Waals surface area contributed by atoms with E-state index >= 15 is 0 Å². The van der Waals surface area contributed by atoms with Gasteiger partial charge < -0.3 is 10.2 Å². The lowest BCUT2D eigenvalue weighted by Crippen LogP contribution is -2.58. The van der Waals surface area contributed by atoms with E-state index in [1.54, 1.807) is 0 Å². The molecule has 7 heteroatoms. The minimum absolute atomic E-state index is 0.0604. The molecule has 0 aliphatic carbocycles. The van der Waals surface area contributed by atoms with Crippen LogP contribution in [-0.2, 0) is 10.0 Å². The Labute approximate surface area is 137 Å². The minimum atomic E-state index is -3.09. The Morgan fingerprint density at radius 1 is 1.22 bits per heavy atom. The summed E-state index contributed by atoms with van der Waals surface area (Å²) in [7, 11) is -3.09. The number of urea groups is 1. The first kappa shape index (κ1) is 16.3. The molecule has 6 nitrogen and oxygen atoms in total. The molecule has 0 bridgehead atoms. The van der Waals surface area contributed by atoms with Crippen molar-refractivity contribution in [2.45, 2.75) is 13.0 Å². The average molecular weight is 337 g/mol. The standard InChI is InChI=1S/C16H23N3O3S/c1-12-9-19(15(12)14-6-4-3-5-7-14)16(20)17-8-13-10-18(11-13)23(2,21)22/h3-7,12-13,15H,8-11H2,1-2H3,(H,17,20)/t12-,15+/m0/s1. The van der Waals surface area contributed by atoms with E-state index < -0.39 is 10.0 Å². The first-order valence-corrected chi connectivity index (χ1v) is 9.75. The fourth-order valence-corrected chi connectivity index (χ4v) is 4.28. The van der Waals surface area contributed by atoms with E-state index in [0.29, 0.717) is 25.6 Å². The highest BCUT2D eigenvalue weighted by molar-refractivity contribution is 7.88. The van der Waals surface area contributed by atoms with E-state index in [0.717, 1.165) is 12.1 Å². The van der Waals surface area contributed by atoms with Gasteiger partial charge in [-0.2, -0.15) is 0 Å². The van der Waals surface area contributed by atoms with Crippen LogP contribution in [0.4, 0.5) is 4.79 Å². The molecular weight excluding hydrogens is 314 g/mol. The van der Waals surface area contributed by atoms with Gasteiger partial charge in [-0.3, -0.25) is 0 Å². The lowest BCUT2D eigenvalue weighted by molar-refractivity contribution is 0.0574. The van der Waals surface area contributed by atoms with Crippen LogP contribution in [0.5, 0.6) is 0 Å². The van der Waals surface area contributed by atoms with Gasteiger partial charge in [0.2, 0.25) is 10.0 Å². The maximum atomic E-state index is 12.4. The van der Waals surface area contributed by atoms with Gasteiger partial charge in [0.1, 0.15) is 0 Å². The molecule has 2 saturated heterocycles. The zero-order chi connectivity index (χ0) is 16.6. The largest absolute Gasteiger partial charge is 0.338 e. The van der Waals surface area contributed by atoms with Gasteiger partial charge in [0.15, 0.2) is 0 Å². The van der Waals surface area contributed by atoms with Crippen molar-refractivity contribution in [2.24, 2.45) is 11.8 Å². The zero-order valence-corrected chi connectivity index (χ0v) is 14.3. The molecule has 1 N–H and O–H groups in total. The number of benzene rings is 1. The molecule has 1 aromatic carbocycles. The highest BCUT2D eigenvalue weighted by Gasteiger charge is 2.40. The SMILES string of the molecule is C[C@H]1CN(C(=O)NCC2CN(S(C)(=O)=O)C2)[C@H]1c1ccccc1. The topological polar surface area (TPSA) is 69.7 Å². The number of nitrogens with zero attached hydrogens (tertiary/aromatic N) is 2. The van der Waals surface area contributed by atoms with E-state index in [2.05, 4.69) is 24.4 Å². The number of carbonyl (C=O) groups is 1. The summed E-state index contributed by atoms with van der Waals surface area (Å²) in [6.07, 6.45) is 1.22. The molecule has 2 aliphatic rings. The van der Waals surface area contributed by atoms with Crippen LogP contribution in [0.1, 0.15) is 18.5 Å². The number of nitrogens with one attached hydrogen (secondary N) is 1. The first-order chi connectivity index (χ1) is 10.9. The Kier molecular flexibility index (Phi) is 4.33. The van der Waals surface area contributed by atoms with Gasteiger partial charge in [0, 0.05) is 32.1 Å². The van der Waals surface area contributed by atoms with Crippen molar-refractivity contribution in [3.05, 3.63) is 35.9 Å². The van der Waals surface area contributed by atoms with Crippen LogP contribution in [0.2, 0.25) is 0 Å². The van der Waals surface area contributed by atoms with Crippen molar-refractivity contribution < 1.29 is 13.2 Å². The first-order valence-electron chi connectivity index (χ1n) is 7.91. The number of hydrogen-bond acceptors (Lipinski definition) is 3. The summed E-state index contributed by atoms with van der Waals surface area (Å²) in [5.74, 6) is 0.662. The van der Waals surface area contributed by atoms with Crippen LogP contribution in [0.25, 0.3) is 0 Å². The molecule has 2 fully saturated rings. The Hall–Kier alpha value is -1.60. The fraction of sp³-hybridized carbons (Fsp3) is 0.562. The molecule has 2 heterocycles. The minimum Gasteiger partial charge on any atom is -0.338 e. The Morgan fingerprint density at radius 2 is 1.87 bits per heavy atom. The summed E-state index contributed by atoms with van der Waals surface area (Å²) in [5, 5.41) is 2.94. The summed E-state index contributed by atoms with van der Waals surface area (Å²) in [6.45, 7) is 4.43. The predicted octanol–water partition coefficient (Wildman–Crippen LogP) is 1.28. The highest BCUT2D eigenvalue weighted by Crippen LogP contribution is 2.38. The molecule has 2 atom stereocenters. The molecule has 0 aromatic heterocycles. The normalized spacial score (nSPS) is 25.6. The van der Waals surface area contributed by atoms with E-state index in [-0.39, 0.29) is 18.0 Å². The molecule has 2 aliphatic heterocycles. The molecule has 3 rings (SSSR count). The summed E-state index contributed by atoms with van der Waals surface area (Å²) >= 11 is 0. The molecule has 2 amide bonds. The third kappa shape index (κ3) is 3.35. The number of hydrogen-bond donors (Lipinski definition) is 1. The van der Waals surface area contributed by atoms with Gasteiger partial charge in [-0.25, -0.2) is 17.5 Å². The summed E-state index contributed by atoms with van der Waals surface area (Å²) < 4.78 is 24.1. The number of carbonyl (C=O) groups excluding carboxylic acids is 1. The summed E-state index contributed by atoms with van der Waals surface area (Å²) in [4.78, 5) is 14.2. The molecule has 0 saturated carbocycles. The van der Waals surface area contributed by atoms with Crippen molar-refractivity contribution in [1.82, 2.24) is 14.5 Å². The molecular formula is C16H23N3O3S. The Balaban J connectivity index is 1.50. The van der Waals surface area contributed by atoms with Gasteiger partial charge in [0.05, 0.1) is 12.3 Å². The molecule has 0 radical (unpaired) electrons. The highest BCUT2D eigenvalue weighted by atomic mass is 32.2. The number of sulfonamides is 1. The van der Waals surface area contributed by atoms with Gasteiger partial charge >= 0.3 is 6.03 Å². The van der Waals surface area contributed by atoms with Crippen LogP contribution in [-0.4, -0.2) is 56.1 Å². The van der Waals surface area contributed by atoms with Crippen LogP contribution >= 0.6 is 0 Å². The lowest BCUT2D eigenvalue weighted by Gasteiger charge is -2.47. The average Bonchev–Trinajstić information content (AvgIpc) is 2.42. The lowest BCUT2D eigenvalue weighted by atomic mass is 9.85. The van der Waals surface area contributed by atoms with Crippen LogP contribution < -0.4 is 5.32 Å². The van der Waals surface area contributed by atoms with Crippen molar-refractivity contribution in [1.29, 1.82) is 0 Å². The monoisotopic (exact) mass is 337 g/mol. The quantitative estimate of drug-likeness (QED) is 0.900. The number of likely N-dealkylation sites (tertiary alicyclic amines) is 1. The molecule has 23 heavy (non-hydrogen) atoms. The van der Waals surface area contributed by atoms with Crippen LogP contribution in [0, 0.1) is 11.8 Å². The maximum absolute atomic E-state index is 12.4. The zero-order valence-electron chi connectivity index (χ0n) is 13.5. The smallest absolute Gasteiger partial charge is 0.317 e. The van der Waals surface area contributed by atoms with Gasteiger partial charge in [-0.1, -0.05) is 37.3 Å².